The zero-order valence-electron chi connectivity index (χ0n) is 12.6. The van der Waals surface area contributed by atoms with E-state index in [0.29, 0.717) is 30.4 Å². The highest BCUT2D eigenvalue weighted by atomic mass is 19.1. The maximum atomic E-state index is 13.3. The first-order valence-electron chi connectivity index (χ1n) is 7.42. The number of hydrogen-bond donors (Lipinski definition) is 2. The van der Waals surface area contributed by atoms with Gasteiger partial charge in [0, 0.05) is 12.6 Å². The van der Waals surface area contributed by atoms with Crippen molar-refractivity contribution in [3.8, 4) is 5.75 Å². The van der Waals surface area contributed by atoms with E-state index < -0.39 is 5.82 Å². The molecule has 0 bridgehead atoms. The van der Waals surface area contributed by atoms with E-state index in [2.05, 4.69) is 25.9 Å². The van der Waals surface area contributed by atoms with Crippen LogP contribution in [0.4, 0.5) is 14.9 Å². The predicted molar refractivity (Wildman–Crippen MR) is 79.4 cm³/mol. The van der Waals surface area contributed by atoms with Gasteiger partial charge in [0.25, 0.3) is 0 Å². The SMILES string of the molecule is CCOc1cc(F)ccc1NC(=O)N1CCCC1c1nn[nH]n1. The lowest BCUT2D eigenvalue weighted by Crippen LogP contribution is -2.35. The Balaban J connectivity index is 1.76. The molecule has 2 heterocycles. The van der Waals surface area contributed by atoms with Crippen LogP contribution in [0.1, 0.15) is 31.6 Å². The minimum absolute atomic E-state index is 0.218. The number of benzene rings is 1. The lowest BCUT2D eigenvalue weighted by Gasteiger charge is -2.23. The number of H-pyrrole nitrogens is 1. The third kappa shape index (κ3) is 3.22. The Morgan fingerprint density at radius 2 is 2.43 bits per heavy atom. The van der Waals surface area contributed by atoms with E-state index in [1.165, 1.54) is 18.2 Å². The molecule has 2 N–H and O–H groups in total. The third-order valence-electron chi connectivity index (χ3n) is 3.66. The van der Waals surface area contributed by atoms with E-state index in [1.807, 2.05) is 0 Å². The molecule has 1 aliphatic rings. The van der Waals surface area contributed by atoms with Gasteiger partial charge in [0.15, 0.2) is 5.82 Å². The summed E-state index contributed by atoms with van der Waals surface area (Å²) < 4.78 is 18.7. The second kappa shape index (κ2) is 6.59. The summed E-state index contributed by atoms with van der Waals surface area (Å²) in [6.07, 6.45) is 1.63. The number of aromatic amines is 1. The number of urea groups is 1. The maximum absolute atomic E-state index is 13.3. The first kappa shape index (κ1) is 15.2. The van der Waals surface area contributed by atoms with Crippen LogP contribution in [0.15, 0.2) is 18.2 Å². The van der Waals surface area contributed by atoms with Crippen molar-refractivity contribution in [2.45, 2.75) is 25.8 Å². The van der Waals surface area contributed by atoms with Crippen LogP contribution >= 0.6 is 0 Å². The molecule has 1 fully saturated rings. The summed E-state index contributed by atoms with van der Waals surface area (Å²) in [5.41, 5.74) is 0.428. The summed E-state index contributed by atoms with van der Waals surface area (Å²) in [6.45, 7) is 2.76. The number of likely N-dealkylation sites (tertiary alicyclic amines) is 1. The molecule has 2 amide bonds. The number of halogens is 1. The number of carbonyl (C=O) groups is 1. The third-order valence-corrected chi connectivity index (χ3v) is 3.66. The van der Waals surface area contributed by atoms with Gasteiger partial charge in [0.1, 0.15) is 11.6 Å². The summed E-state index contributed by atoms with van der Waals surface area (Å²) >= 11 is 0. The highest BCUT2D eigenvalue weighted by Gasteiger charge is 2.33. The van der Waals surface area contributed by atoms with Crippen molar-refractivity contribution in [3.63, 3.8) is 0 Å². The Morgan fingerprint density at radius 1 is 1.57 bits per heavy atom. The Labute approximate surface area is 132 Å². The lowest BCUT2D eigenvalue weighted by atomic mass is 10.2. The molecule has 8 nitrogen and oxygen atoms in total. The molecule has 23 heavy (non-hydrogen) atoms. The molecule has 2 aromatic rings. The molecule has 1 aliphatic heterocycles. The standard InChI is InChI=1S/C14H17FN6O2/c1-2-23-12-8-9(15)5-6-10(12)16-14(22)21-7-3-4-11(21)13-17-19-20-18-13/h5-6,8,11H,2-4,7H2,1H3,(H,16,22)(H,17,18,19,20). The molecule has 1 aromatic heterocycles. The summed E-state index contributed by atoms with van der Waals surface area (Å²) in [6, 6.07) is 3.49. The monoisotopic (exact) mass is 320 g/mol. The Hall–Kier alpha value is -2.71. The zero-order chi connectivity index (χ0) is 16.2. The van der Waals surface area contributed by atoms with Crippen molar-refractivity contribution >= 4 is 11.7 Å². The molecule has 1 atom stereocenters. The lowest BCUT2D eigenvalue weighted by molar-refractivity contribution is 0.205. The van der Waals surface area contributed by atoms with Crippen molar-refractivity contribution < 1.29 is 13.9 Å². The molecule has 0 radical (unpaired) electrons. The number of carbonyl (C=O) groups excluding carboxylic acids is 1. The van der Waals surface area contributed by atoms with Gasteiger partial charge in [-0.25, -0.2) is 9.18 Å². The van der Waals surface area contributed by atoms with Gasteiger partial charge < -0.3 is 15.0 Å². The average molecular weight is 320 g/mol. The minimum atomic E-state index is -0.419. The molecule has 122 valence electrons. The van der Waals surface area contributed by atoms with Gasteiger partial charge in [-0.2, -0.15) is 5.21 Å². The van der Waals surface area contributed by atoms with Gasteiger partial charge in [0.05, 0.1) is 18.3 Å². The number of ether oxygens (including phenoxy) is 1. The second-order valence-corrected chi connectivity index (χ2v) is 5.13. The smallest absolute Gasteiger partial charge is 0.322 e. The van der Waals surface area contributed by atoms with Crippen LogP contribution in [0.2, 0.25) is 0 Å². The van der Waals surface area contributed by atoms with Crippen LogP contribution in [0, 0.1) is 5.82 Å². The summed E-state index contributed by atoms with van der Waals surface area (Å²) in [7, 11) is 0. The van der Waals surface area contributed by atoms with Crippen molar-refractivity contribution in [2.75, 3.05) is 18.5 Å². The van der Waals surface area contributed by atoms with E-state index in [4.69, 9.17) is 4.74 Å². The van der Waals surface area contributed by atoms with Crippen LogP contribution < -0.4 is 10.1 Å². The first-order chi connectivity index (χ1) is 11.2. The van der Waals surface area contributed by atoms with Crippen LogP contribution in [-0.4, -0.2) is 44.7 Å². The molecule has 0 aliphatic carbocycles. The fourth-order valence-corrected chi connectivity index (χ4v) is 2.65. The minimum Gasteiger partial charge on any atom is -0.492 e. The molecule has 9 heteroatoms. The number of rotatable bonds is 4. The van der Waals surface area contributed by atoms with Gasteiger partial charge >= 0.3 is 6.03 Å². The topological polar surface area (TPSA) is 96.0 Å². The van der Waals surface area contributed by atoms with Gasteiger partial charge in [-0.05, 0) is 31.9 Å². The second-order valence-electron chi connectivity index (χ2n) is 5.13. The van der Waals surface area contributed by atoms with E-state index in [0.717, 1.165) is 12.8 Å². The summed E-state index contributed by atoms with van der Waals surface area (Å²) in [5.74, 6) is 0.371. The zero-order valence-corrected chi connectivity index (χ0v) is 12.6. The molecule has 1 unspecified atom stereocenters. The van der Waals surface area contributed by atoms with E-state index >= 15 is 0 Å². The molecular formula is C14H17FN6O2. The number of aromatic nitrogens is 4. The number of nitrogens with one attached hydrogen (secondary N) is 2. The quantitative estimate of drug-likeness (QED) is 0.899. The normalized spacial score (nSPS) is 17.3. The van der Waals surface area contributed by atoms with E-state index in [1.54, 1.807) is 11.8 Å². The number of hydrogen-bond acceptors (Lipinski definition) is 5. The largest absolute Gasteiger partial charge is 0.492 e. The van der Waals surface area contributed by atoms with Crippen molar-refractivity contribution in [1.29, 1.82) is 0 Å². The number of tetrazole rings is 1. The Bertz CT molecular complexity index is 678. The van der Waals surface area contributed by atoms with E-state index in [9.17, 15) is 9.18 Å². The van der Waals surface area contributed by atoms with Crippen molar-refractivity contribution in [3.05, 3.63) is 29.8 Å². The predicted octanol–water partition coefficient (Wildman–Crippen LogP) is 2.11. The van der Waals surface area contributed by atoms with Crippen LogP contribution in [0.5, 0.6) is 5.75 Å². The number of amides is 2. The molecule has 0 spiro atoms. The molecule has 3 rings (SSSR count). The van der Waals surface area contributed by atoms with Gasteiger partial charge in [0.2, 0.25) is 0 Å². The number of nitrogens with zero attached hydrogens (tertiary/aromatic N) is 4. The fraction of sp³-hybridized carbons (Fsp3) is 0.429. The van der Waals surface area contributed by atoms with Crippen LogP contribution in [-0.2, 0) is 0 Å². The summed E-state index contributed by atoms with van der Waals surface area (Å²) in [5, 5.41) is 16.6. The molecular weight excluding hydrogens is 303 g/mol. The highest BCUT2D eigenvalue weighted by Crippen LogP contribution is 2.31. The van der Waals surface area contributed by atoms with E-state index in [-0.39, 0.29) is 12.1 Å². The van der Waals surface area contributed by atoms with Gasteiger partial charge in [-0.15, -0.1) is 10.2 Å². The summed E-state index contributed by atoms with van der Waals surface area (Å²) in [4.78, 5) is 14.2. The molecule has 1 aromatic carbocycles. The average Bonchev–Trinajstić information content (AvgIpc) is 3.20. The molecule has 0 saturated carbocycles. The number of anilines is 1. The maximum Gasteiger partial charge on any atom is 0.322 e. The van der Waals surface area contributed by atoms with Crippen LogP contribution in [0.3, 0.4) is 0 Å². The Morgan fingerprint density at radius 3 is 3.17 bits per heavy atom. The fourth-order valence-electron chi connectivity index (χ4n) is 2.65. The van der Waals surface area contributed by atoms with Crippen molar-refractivity contribution in [2.24, 2.45) is 0 Å². The Kier molecular flexibility index (Phi) is 4.35. The van der Waals surface area contributed by atoms with Gasteiger partial charge in [-0.3, -0.25) is 0 Å². The van der Waals surface area contributed by atoms with Crippen LogP contribution in [0.25, 0.3) is 0 Å². The first-order valence-corrected chi connectivity index (χ1v) is 7.42. The highest BCUT2D eigenvalue weighted by molar-refractivity contribution is 5.91. The van der Waals surface area contributed by atoms with Crippen molar-refractivity contribution in [1.82, 2.24) is 25.5 Å². The van der Waals surface area contributed by atoms with Gasteiger partial charge in [-0.1, -0.05) is 5.21 Å². The molecule has 1 saturated heterocycles.